The van der Waals surface area contributed by atoms with E-state index in [-0.39, 0.29) is 12.3 Å². The number of amides is 1. The summed E-state index contributed by atoms with van der Waals surface area (Å²) in [4.78, 5) is 25.2. The molecule has 156 valence electrons. The first kappa shape index (κ1) is 20.2. The molecule has 31 heavy (non-hydrogen) atoms. The smallest absolute Gasteiger partial charge is 0.362 e. The van der Waals surface area contributed by atoms with Crippen molar-refractivity contribution in [2.24, 2.45) is 0 Å². The van der Waals surface area contributed by atoms with E-state index in [0.29, 0.717) is 29.0 Å². The number of ether oxygens (including phenoxy) is 1. The van der Waals surface area contributed by atoms with Crippen molar-refractivity contribution >= 4 is 28.3 Å². The molecule has 0 bridgehead atoms. The Hall–Kier alpha value is -4.06. The van der Waals surface area contributed by atoms with Crippen LogP contribution in [0.25, 0.3) is 11.0 Å². The molecule has 0 aliphatic rings. The van der Waals surface area contributed by atoms with Gasteiger partial charge in [-0.15, -0.1) is 0 Å². The summed E-state index contributed by atoms with van der Waals surface area (Å²) < 4.78 is 11.0. The van der Waals surface area contributed by atoms with Gasteiger partial charge in [-0.2, -0.15) is 0 Å². The highest BCUT2D eigenvalue weighted by atomic mass is 16.5. The van der Waals surface area contributed by atoms with E-state index in [1.54, 1.807) is 18.2 Å². The Morgan fingerprint density at radius 1 is 0.903 bits per heavy atom. The molecule has 1 aromatic heterocycles. The lowest BCUT2D eigenvalue weighted by atomic mass is 10.1. The minimum absolute atomic E-state index is 0.0630. The maximum Gasteiger partial charge on any atom is 0.362 e. The molecular weight excluding hydrogens is 392 g/mol. The van der Waals surface area contributed by atoms with E-state index >= 15 is 0 Å². The number of fused-ring (bicyclic) bond motifs is 1. The molecule has 3 aromatic carbocycles. The van der Waals surface area contributed by atoms with Crippen molar-refractivity contribution < 1.29 is 13.9 Å². The van der Waals surface area contributed by atoms with Crippen molar-refractivity contribution in [1.29, 1.82) is 0 Å². The predicted molar refractivity (Wildman–Crippen MR) is 122 cm³/mol. The molecule has 0 aliphatic heterocycles. The van der Waals surface area contributed by atoms with Crippen molar-refractivity contribution in [1.82, 2.24) is 0 Å². The molecule has 6 heteroatoms. The first-order valence-corrected chi connectivity index (χ1v) is 9.94. The van der Waals surface area contributed by atoms with Gasteiger partial charge in [0, 0.05) is 11.9 Å². The lowest BCUT2D eigenvalue weighted by Crippen LogP contribution is -2.25. The Morgan fingerprint density at radius 2 is 1.61 bits per heavy atom. The molecule has 1 amide bonds. The van der Waals surface area contributed by atoms with Crippen LogP contribution in [0.2, 0.25) is 0 Å². The quantitative estimate of drug-likeness (QED) is 0.427. The normalized spacial score (nSPS) is 10.6. The van der Waals surface area contributed by atoms with Crippen LogP contribution in [0.4, 0.5) is 11.4 Å². The average molecular weight is 414 g/mol. The summed E-state index contributed by atoms with van der Waals surface area (Å²) in [7, 11) is 0. The second-order valence-electron chi connectivity index (χ2n) is 7.08. The van der Waals surface area contributed by atoms with Crippen LogP contribution in [0, 0.1) is 6.92 Å². The van der Waals surface area contributed by atoms with Gasteiger partial charge in [0.1, 0.15) is 11.3 Å². The number of para-hydroxylation sites is 2. The van der Waals surface area contributed by atoms with Gasteiger partial charge in [0.05, 0.1) is 5.69 Å². The number of nitrogens with one attached hydrogen (secondary N) is 2. The maximum atomic E-state index is 12.7. The summed E-state index contributed by atoms with van der Waals surface area (Å²) >= 11 is 0. The summed E-state index contributed by atoms with van der Waals surface area (Å²) in [6, 6.07) is 24.4. The SMILES string of the molecule is Cc1ccccc1OCC(=O)Nc1c(NCc2ccccc2)c2ccccc2oc1=O. The topological polar surface area (TPSA) is 80.6 Å². The van der Waals surface area contributed by atoms with E-state index in [0.717, 1.165) is 11.1 Å². The van der Waals surface area contributed by atoms with Crippen molar-refractivity contribution in [3.8, 4) is 5.75 Å². The zero-order chi connectivity index (χ0) is 21.6. The second kappa shape index (κ2) is 9.17. The zero-order valence-electron chi connectivity index (χ0n) is 17.1. The molecular formula is C25H22N2O4. The molecule has 1 heterocycles. The van der Waals surface area contributed by atoms with Crippen LogP contribution in [0.1, 0.15) is 11.1 Å². The van der Waals surface area contributed by atoms with Crippen LogP contribution in [0.15, 0.2) is 88.1 Å². The van der Waals surface area contributed by atoms with Gasteiger partial charge in [0.25, 0.3) is 5.91 Å². The minimum atomic E-state index is -0.626. The van der Waals surface area contributed by atoms with Crippen LogP contribution in [0.5, 0.6) is 5.75 Å². The molecule has 0 spiro atoms. The van der Waals surface area contributed by atoms with Gasteiger partial charge in [-0.3, -0.25) is 4.79 Å². The number of aryl methyl sites for hydroxylation is 1. The third-order valence-electron chi connectivity index (χ3n) is 4.84. The van der Waals surface area contributed by atoms with Crippen molar-refractivity contribution in [3.05, 3.63) is 100 Å². The van der Waals surface area contributed by atoms with Gasteiger partial charge in [0.2, 0.25) is 0 Å². The van der Waals surface area contributed by atoms with Crippen LogP contribution in [0.3, 0.4) is 0 Å². The summed E-state index contributed by atoms with van der Waals surface area (Å²) in [6.45, 7) is 2.16. The number of carbonyl (C=O) groups is 1. The summed E-state index contributed by atoms with van der Waals surface area (Å²) in [5, 5.41) is 6.65. The summed E-state index contributed by atoms with van der Waals surface area (Å²) in [5.74, 6) is 0.166. The largest absolute Gasteiger partial charge is 0.483 e. The van der Waals surface area contributed by atoms with Crippen LogP contribution >= 0.6 is 0 Å². The molecule has 0 atom stereocenters. The van der Waals surface area contributed by atoms with E-state index in [1.165, 1.54) is 0 Å². The second-order valence-corrected chi connectivity index (χ2v) is 7.08. The molecule has 2 N–H and O–H groups in total. The lowest BCUT2D eigenvalue weighted by Gasteiger charge is -2.15. The predicted octanol–water partition coefficient (Wildman–Crippen LogP) is 4.73. The van der Waals surface area contributed by atoms with Gasteiger partial charge in [-0.05, 0) is 36.2 Å². The first-order chi connectivity index (χ1) is 15.1. The number of carbonyl (C=O) groups excluding carboxylic acids is 1. The van der Waals surface area contributed by atoms with Crippen LogP contribution in [-0.4, -0.2) is 12.5 Å². The number of benzene rings is 3. The van der Waals surface area contributed by atoms with Crippen molar-refractivity contribution in [2.45, 2.75) is 13.5 Å². The van der Waals surface area contributed by atoms with Crippen LogP contribution < -0.4 is 21.0 Å². The third-order valence-corrected chi connectivity index (χ3v) is 4.84. The molecule has 0 radical (unpaired) electrons. The fraction of sp³-hybridized carbons (Fsp3) is 0.120. The summed E-state index contributed by atoms with van der Waals surface area (Å²) in [6.07, 6.45) is 0. The van der Waals surface area contributed by atoms with E-state index in [2.05, 4.69) is 10.6 Å². The Bertz CT molecular complexity index is 1270. The molecule has 4 rings (SSSR count). The minimum Gasteiger partial charge on any atom is -0.483 e. The number of anilines is 2. The highest BCUT2D eigenvalue weighted by molar-refractivity contribution is 6.02. The number of hydrogen-bond acceptors (Lipinski definition) is 5. The van der Waals surface area contributed by atoms with Gasteiger partial charge in [0.15, 0.2) is 12.3 Å². The van der Waals surface area contributed by atoms with E-state index < -0.39 is 11.5 Å². The fourth-order valence-electron chi connectivity index (χ4n) is 3.27. The van der Waals surface area contributed by atoms with E-state index in [9.17, 15) is 9.59 Å². The monoisotopic (exact) mass is 414 g/mol. The molecule has 0 saturated carbocycles. The Kier molecular flexibility index (Phi) is 5.98. The molecule has 4 aromatic rings. The lowest BCUT2D eigenvalue weighted by molar-refractivity contribution is -0.118. The van der Waals surface area contributed by atoms with Crippen molar-refractivity contribution in [2.75, 3.05) is 17.2 Å². The standard InChI is InChI=1S/C25H22N2O4/c1-17-9-5-7-13-20(17)30-16-22(28)27-24-23(26-15-18-10-3-2-4-11-18)19-12-6-8-14-21(19)31-25(24)29/h2-14,26H,15-16H2,1H3,(H,27,28). The number of hydrogen-bond donors (Lipinski definition) is 2. The Labute approximate surface area is 179 Å². The third kappa shape index (κ3) is 4.75. The molecule has 6 nitrogen and oxygen atoms in total. The highest BCUT2D eigenvalue weighted by Gasteiger charge is 2.17. The highest BCUT2D eigenvalue weighted by Crippen LogP contribution is 2.29. The van der Waals surface area contributed by atoms with E-state index in [4.69, 9.17) is 9.15 Å². The molecule has 0 aliphatic carbocycles. The fourth-order valence-corrected chi connectivity index (χ4v) is 3.27. The maximum absolute atomic E-state index is 12.7. The molecule has 0 unspecified atom stereocenters. The van der Waals surface area contributed by atoms with Gasteiger partial charge < -0.3 is 19.8 Å². The van der Waals surface area contributed by atoms with Gasteiger partial charge in [-0.1, -0.05) is 60.7 Å². The zero-order valence-corrected chi connectivity index (χ0v) is 17.1. The first-order valence-electron chi connectivity index (χ1n) is 9.94. The summed E-state index contributed by atoms with van der Waals surface area (Å²) in [5.41, 5.74) is 2.36. The molecule has 0 saturated heterocycles. The van der Waals surface area contributed by atoms with Gasteiger partial charge in [-0.25, -0.2) is 4.79 Å². The Morgan fingerprint density at radius 3 is 2.42 bits per heavy atom. The van der Waals surface area contributed by atoms with Gasteiger partial charge >= 0.3 is 5.63 Å². The van der Waals surface area contributed by atoms with E-state index in [1.807, 2.05) is 67.6 Å². The molecule has 0 fully saturated rings. The Balaban J connectivity index is 1.59. The van der Waals surface area contributed by atoms with Crippen molar-refractivity contribution in [3.63, 3.8) is 0 Å². The van der Waals surface area contributed by atoms with Crippen LogP contribution in [-0.2, 0) is 11.3 Å². The number of rotatable bonds is 7. The average Bonchev–Trinajstić information content (AvgIpc) is 2.79.